The maximum Gasteiger partial charge on any atom is 0.326 e. The topological polar surface area (TPSA) is 78.4 Å². The minimum absolute atomic E-state index is 0.162. The molecule has 0 heterocycles. The number of carboxylic acids is 1. The van der Waals surface area contributed by atoms with Crippen molar-refractivity contribution < 1.29 is 14.7 Å². The predicted octanol–water partition coefficient (Wildman–Crippen LogP) is 0.418. The molecule has 5 nitrogen and oxygen atoms in total. The smallest absolute Gasteiger partial charge is 0.326 e. The largest absolute Gasteiger partial charge is 0.480 e. The van der Waals surface area contributed by atoms with E-state index in [1.807, 2.05) is 0 Å². The van der Waals surface area contributed by atoms with Crippen molar-refractivity contribution in [2.24, 2.45) is 5.92 Å². The molecule has 0 aliphatic rings. The van der Waals surface area contributed by atoms with Gasteiger partial charge in [0.2, 0.25) is 0 Å². The molecule has 0 spiro atoms. The molecule has 0 fully saturated rings. The first-order chi connectivity index (χ1) is 6.99. The van der Waals surface area contributed by atoms with Crippen molar-refractivity contribution in [2.75, 3.05) is 6.54 Å². The molecule has 0 aliphatic carbocycles. The molecule has 5 heteroatoms. The molecule has 0 aromatic carbocycles. The third-order valence-corrected chi connectivity index (χ3v) is 1.73. The molecule has 1 atom stereocenters. The standard InChI is InChI=1S/C10H16N2O3/c1-4-5-6-11-10(15)12-8(7(2)3)9(13)14/h7-8H,6H2,1-3H3,(H,13,14)(H2,11,12,15)/t8-/m1/s1. The molecule has 84 valence electrons. The Morgan fingerprint density at radius 2 is 2.00 bits per heavy atom. The fraction of sp³-hybridized carbons (Fsp3) is 0.600. The van der Waals surface area contributed by atoms with Crippen LogP contribution >= 0.6 is 0 Å². The van der Waals surface area contributed by atoms with Crippen molar-refractivity contribution in [2.45, 2.75) is 26.8 Å². The number of nitrogens with one attached hydrogen (secondary N) is 2. The van der Waals surface area contributed by atoms with E-state index in [-0.39, 0.29) is 12.5 Å². The zero-order valence-electron chi connectivity index (χ0n) is 9.13. The Morgan fingerprint density at radius 1 is 1.40 bits per heavy atom. The van der Waals surface area contributed by atoms with Gasteiger partial charge >= 0.3 is 12.0 Å². The van der Waals surface area contributed by atoms with Gasteiger partial charge in [-0.2, -0.15) is 0 Å². The second-order valence-electron chi connectivity index (χ2n) is 3.31. The van der Waals surface area contributed by atoms with Gasteiger partial charge in [-0.05, 0) is 12.8 Å². The Morgan fingerprint density at radius 3 is 2.40 bits per heavy atom. The van der Waals surface area contributed by atoms with Crippen LogP contribution in [0.1, 0.15) is 20.8 Å². The summed E-state index contributed by atoms with van der Waals surface area (Å²) in [5, 5.41) is 13.6. The first-order valence-electron chi connectivity index (χ1n) is 4.65. The zero-order chi connectivity index (χ0) is 11.8. The quantitative estimate of drug-likeness (QED) is 0.591. The van der Waals surface area contributed by atoms with Crippen LogP contribution in [0.2, 0.25) is 0 Å². The van der Waals surface area contributed by atoms with Gasteiger partial charge in [0.25, 0.3) is 0 Å². The van der Waals surface area contributed by atoms with Crippen LogP contribution < -0.4 is 10.6 Å². The molecule has 2 amide bonds. The van der Waals surface area contributed by atoms with Crippen molar-refractivity contribution in [3.05, 3.63) is 0 Å². The van der Waals surface area contributed by atoms with Crippen molar-refractivity contribution in [1.82, 2.24) is 10.6 Å². The summed E-state index contributed by atoms with van der Waals surface area (Å²) in [4.78, 5) is 21.9. The predicted molar refractivity (Wildman–Crippen MR) is 56.2 cm³/mol. The van der Waals surface area contributed by atoms with Crippen LogP contribution in [-0.4, -0.2) is 29.7 Å². The number of hydrogen-bond acceptors (Lipinski definition) is 2. The first kappa shape index (κ1) is 13.3. The van der Waals surface area contributed by atoms with Crippen LogP contribution in [-0.2, 0) is 4.79 Å². The van der Waals surface area contributed by atoms with Gasteiger partial charge in [0.15, 0.2) is 0 Å². The van der Waals surface area contributed by atoms with Gasteiger partial charge in [-0.3, -0.25) is 0 Å². The van der Waals surface area contributed by atoms with Crippen LogP contribution in [0.3, 0.4) is 0 Å². The molecule has 0 aromatic rings. The summed E-state index contributed by atoms with van der Waals surface area (Å²) in [6.45, 7) is 5.33. The number of carbonyl (C=O) groups is 2. The fourth-order valence-corrected chi connectivity index (χ4v) is 0.919. The number of carbonyl (C=O) groups excluding carboxylic acids is 1. The molecule has 3 N–H and O–H groups in total. The molecule has 0 saturated heterocycles. The van der Waals surface area contributed by atoms with Gasteiger partial charge in [-0.1, -0.05) is 19.8 Å². The van der Waals surface area contributed by atoms with E-state index in [4.69, 9.17) is 5.11 Å². The van der Waals surface area contributed by atoms with Crippen molar-refractivity contribution in [1.29, 1.82) is 0 Å². The van der Waals surface area contributed by atoms with E-state index in [9.17, 15) is 9.59 Å². The number of carboxylic acid groups (broad SMARTS) is 1. The van der Waals surface area contributed by atoms with Crippen LogP contribution in [0, 0.1) is 17.8 Å². The lowest BCUT2D eigenvalue weighted by Crippen LogP contribution is -2.48. The van der Waals surface area contributed by atoms with Gasteiger partial charge in [0.1, 0.15) is 6.04 Å². The van der Waals surface area contributed by atoms with Crippen molar-refractivity contribution >= 4 is 12.0 Å². The van der Waals surface area contributed by atoms with E-state index in [0.717, 1.165) is 0 Å². The molecular formula is C10H16N2O3. The SMILES string of the molecule is CC#CCNC(=O)N[C@@H](C(=O)O)C(C)C. The van der Waals surface area contributed by atoms with E-state index in [2.05, 4.69) is 22.5 Å². The average Bonchev–Trinajstić information content (AvgIpc) is 2.13. The Bertz CT molecular complexity index is 289. The van der Waals surface area contributed by atoms with Gasteiger partial charge in [-0.25, -0.2) is 9.59 Å². The second-order valence-corrected chi connectivity index (χ2v) is 3.31. The first-order valence-corrected chi connectivity index (χ1v) is 4.65. The number of hydrogen-bond donors (Lipinski definition) is 3. The van der Waals surface area contributed by atoms with Crippen LogP contribution in [0.4, 0.5) is 4.79 Å². The number of aliphatic carboxylic acids is 1. The fourth-order valence-electron chi connectivity index (χ4n) is 0.919. The van der Waals surface area contributed by atoms with Gasteiger partial charge in [-0.15, -0.1) is 5.92 Å². The van der Waals surface area contributed by atoms with Gasteiger partial charge in [0.05, 0.1) is 6.54 Å². The minimum atomic E-state index is -1.04. The number of amides is 2. The second kappa shape index (κ2) is 6.71. The molecule has 0 unspecified atom stereocenters. The molecule has 0 radical (unpaired) electrons. The monoisotopic (exact) mass is 212 g/mol. The highest BCUT2D eigenvalue weighted by molar-refractivity contribution is 5.82. The lowest BCUT2D eigenvalue weighted by Gasteiger charge is -2.17. The Balaban J connectivity index is 4.10. The molecule has 0 rings (SSSR count). The van der Waals surface area contributed by atoms with E-state index in [1.165, 1.54) is 0 Å². The number of rotatable bonds is 4. The summed E-state index contributed by atoms with van der Waals surface area (Å²) in [6.07, 6.45) is 0. The Kier molecular flexibility index (Phi) is 5.95. The average molecular weight is 212 g/mol. The van der Waals surface area contributed by atoms with E-state index < -0.39 is 18.0 Å². The molecular weight excluding hydrogens is 196 g/mol. The maximum atomic E-state index is 11.2. The lowest BCUT2D eigenvalue weighted by molar-refractivity contribution is -0.140. The van der Waals surface area contributed by atoms with Crippen molar-refractivity contribution in [3.8, 4) is 11.8 Å². The molecule has 0 saturated carbocycles. The Labute approximate surface area is 89.2 Å². The lowest BCUT2D eigenvalue weighted by atomic mass is 10.1. The van der Waals surface area contributed by atoms with Crippen LogP contribution in [0.5, 0.6) is 0 Å². The van der Waals surface area contributed by atoms with Gasteiger partial charge in [0, 0.05) is 0 Å². The third kappa shape index (κ3) is 5.57. The highest BCUT2D eigenvalue weighted by Crippen LogP contribution is 2.00. The normalized spacial score (nSPS) is 11.2. The van der Waals surface area contributed by atoms with Crippen molar-refractivity contribution in [3.63, 3.8) is 0 Å². The summed E-state index contributed by atoms with van der Waals surface area (Å²) < 4.78 is 0. The van der Waals surface area contributed by atoms with E-state index in [0.29, 0.717) is 0 Å². The minimum Gasteiger partial charge on any atom is -0.480 e. The summed E-state index contributed by atoms with van der Waals surface area (Å²) >= 11 is 0. The van der Waals surface area contributed by atoms with E-state index in [1.54, 1.807) is 20.8 Å². The molecule has 0 aliphatic heterocycles. The highest BCUT2D eigenvalue weighted by Gasteiger charge is 2.22. The molecule has 0 bridgehead atoms. The summed E-state index contributed by atoms with van der Waals surface area (Å²) in [6, 6.07) is -1.39. The van der Waals surface area contributed by atoms with Gasteiger partial charge < -0.3 is 15.7 Å². The summed E-state index contributed by atoms with van der Waals surface area (Å²) in [5.74, 6) is 4.05. The molecule has 15 heavy (non-hydrogen) atoms. The Hall–Kier alpha value is -1.70. The van der Waals surface area contributed by atoms with E-state index >= 15 is 0 Å². The maximum absolute atomic E-state index is 11.2. The summed E-state index contributed by atoms with van der Waals surface area (Å²) in [7, 11) is 0. The third-order valence-electron chi connectivity index (χ3n) is 1.73. The van der Waals surface area contributed by atoms with Crippen LogP contribution in [0.25, 0.3) is 0 Å². The highest BCUT2D eigenvalue weighted by atomic mass is 16.4. The zero-order valence-corrected chi connectivity index (χ0v) is 9.13. The summed E-state index contributed by atoms with van der Waals surface area (Å²) in [5.41, 5.74) is 0. The van der Waals surface area contributed by atoms with Crippen LogP contribution in [0.15, 0.2) is 0 Å². The molecule has 0 aromatic heterocycles. The number of urea groups is 1.